The van der Waals surface area contributed by atoms with E-state index >= 15 is 0 Å². The standard InChI is InChI=1S/C6H2Cl2N2O/c7-3-1-5-6(2-4(3)8)10-11-9-5/h1-2H. The molecule has 1 aromatic heterocycles. The first-order valence-corrected chi connectivity index (χ1v) is 3.60. The molecule has 56 valence electrons. The van der Waals surface area contributed by atoms with Gasteiger partial charge >= 0.3 is 0 Å². The minimum Gasteiger partial charge on any atom is -0.243 e. The summed E-state index contributed by atoms with van der Waals surface area (Å²) in [6.45, 7) is 0. The Morgan fingerprint density at radius 3 is 1.91 bits per heavy atom. The molecule has 2 aromatic rings. The van der Waals surface area contributed by atoms with Crippen LogP contribution in [0.1, 0.15) is 0 Å². The van der Waals surface area contributed by atoms with E-state index in [4.69, 9.17) is 23.2 Å². The summed E-state index contributed by atoms with van der Waals surface area (Å²) in [4.78, 5) is 0. The van der Waals surface area contributed by atoms with Crippen LogP contribution in [-0.4, -0.2) is 10.3 Å². The molecule has 3 nitrogen and oxygen atoms in total. The van der Waals surface area contributed by atoms with Gasteiger partial charge in [0.25, 0.3) is 0 Å². The van der Waals surface area contributed by atoms with E-state index < -0.39 is 0 Å². The predicted octanol–water partition coefficient (Wildman–Crippen LogP) is 2.53. The van der Waals surface area contributed by atoms with Gasteiger partial charge in [0, 0.05) is 0 Å². The van der Waals surface area contributed by atoms with E-state index in [1.807, 2.05) is 0 Å². The zero-order valence-electron chi connectivity index (χ0n) is 5.21. The highest BCUT2D eigenvalue weighted by Gasteiger charge is 2.04. The Morgan fingerprint density at radius 1 is 1.00 bits per heavy atom. The van der Waals surface area contributed by atoms with Crippen LogP contribution in [0.15, 0.2) is 16.8 Å². The van der Waals surface area contributed by atoms with Gasteiger partial charge in [-0.25, -0.2) is 4.63 Å². The van der Waals surface area contributed by atoms with Crippen molar-refractivity contribution in [2.24, 2.45) is 0 Å². The molecule has 0 aliphatic heterocycles. The average molecular weight is 189 g/mol. The highest BCUT2D eigenvalue weighted by molar-refractivity contribution is 6.42. The molecule has 0 aliphatic carbocycles. The second-order valence-corrected chi connectivity index (χ2v) is 2.83. The van der Waals surface area contributed by atoms with Crippen LogP contribution in [0.4, 0.5) is 0 Å². The summed E-state index contributed by atoms with van der Waals surface area (Å²) < 4.78 is 4.46. The van der Waals surface area contributed by atoms with Crippen molar-refractivity contribution in [1.29, 1.82) is 0 Å². The monoisotopic (exact) mass is 188 g/mol. The molecule has 0 saturated carbocycles. The van der Waals surface area contributed by atoms with Crippen LogP contribution in [0.5, 0.6) is 0 Å². The molecular formula is C6H2Cl2N2O. The van der Waals surface area contributed by atoms with Crippen LogP contribution in [0, 0.1) is 0 Å². The van der Waals surface area contributed by atoms with Gasteiger partial charge in [0.1, 0.15) is 11.0 Å². The summed E-state index contributed by atoms with van der Waals surface area (Å²) in [7, 11) is 0. The Morgan fingerprint density at radius 2 is 1.45 bits per heavy atom. The second kappa shape index (κ2) is 2.36. The maximum atomic E-state index is 5.70. The molecule has 2 rings (SSSR count). The lowest BCUT2D eigenvalue weighted by atomic mass is 10.3. The summed E-state index contributed by atoms with van der Waals surface area (Å²) in [6.07, 6.45) is 0. The lowest BCUT2D eigenvalue weighted by Gasteiger charge is -1.90. The number of hydrogen-bond acceptors (Lipinski definition) is 3. The van der Waals surface area contributed by atoms with Crippen molar-refractivity contribution in [2.75, 3.05) is 0 Å². The van der Waals surface area contributed by atoms with Crippen molar-refractivity contribution in [3.05, 3.63) is 22.2 Å². The summed E-state index contributed by atoms with van der Waals surface area (Å²) >= 11 is 11.4. The van der Waals surface area contributed by atoms with Gasteiger partial charge in [0.2, 0.25) is 0 Å². The van der Waals surface area contributed by atoms with Gasteiger partial charge in [-0.05, 0) is 22.4 Å². The van der Waals surface area contributed by atoms with Crippen LogP contribution in [0.2, 0.25) is 10.0 Å². The summed E-state index contributed by atoms with van der Waals surface area (Å²) in [5, 5.41) is 8.09. The molecule has 1 aromatic carbocycles. The van der Waals surface area contributed by atoms with Crippen LogP contribution < -0.4 is 0 Å². The highest BCUT2D eigenvalue weighted by Crippen LogP contribution is 2.25. The van der Waals surface area contributed by atoms with Crippen LogP contribution in [-0.2, 0) is 0 Å². The average Bonchev–Trinajstić information content (AvgIpc) is 2.36. The van der Waals surface area contributed by atoms with E-state index in [0.29, 0.717) is 21.1 Å². The highest BCUT2D eigenvalue weighted by atomic mass is 35.5. The summed E-state index contributed by atoms with van der Waals surface area (Å²) in [6, 6.07) is 3.21. The molecule has 0 unspecified atom stereocenters. The number of aromatic nitrogens is 2. The van der Waals surface area contributed by atoms with Gasteiger partial charge in [-0.15, -0.1) is 0 Å². The van der Waals surface area contributed by atoms with Gasteiger partial charge in [-0.1, -0.05) is 23.2 Å². The van der Waals surface area contributed by atoms with E-state index in [9.17, 15) is 0 Å². The predicted molar refractivity (Wildman–Crippen MR) is 41.8 cm³/mol. The largest absolute Gasteiger partial charge is 0.243 e. The van der Waals surface area contributed by atoms with Crippen molar-refractivity contribution in [3.8, 4) is 0 Å². The van der Waals surface area contributed by atoms with Crippen molar-refractivity contribution < 1.29 is 4.63 Å². The maximum Gasteiger partial charge on any atom is 0.136 e. The number of benzene rings is 1. The first-order chi connectivity index (χ1) is 5.27. The Balaban J connectivity index is 2.86. The third-order valence-corrected chi connectivity index (χ3v) is 2.02. The first kappa shape index (κ1) is 6.88. The van der Waals surface area contributed by atoms with Crippen molar-refractivity contribution in [1.82, 2.24) is 10.3 Å². The molecule has 0 saturated heterocycles. The van der Waals surface area contributed by atoms with Crippen LogP contribution in [0.3, 0.4) is 0 Å². The van der Waals surface area contributed by atoms with E-state index in [2.05, 4.69) is 14.9 Å². The number of hydrogen-bond donors (Lipinski definition) is 0. The molecule has 0 N–H and O–H groups in total. The molecule has 0 spiro atoms. The lowest BCUT2D eigenvalue weighted by molar-refractivity contribution is 0.315. The molecule has 0 amide bonds. The number of fused-ring (bicyclic) bond motifs is 1. The third kappa shape index (κ3) is 1.06. The van der Waals surface area contributed by atoms with Gasteiger partial charge in [-0.3, -0.25) is 0 Å². The minimum absolute atomic E-state index is 0.454. The smallest absolute Gasteiger partial charge is 0.136 e. The SMILES string of the molecule is Clc1cc2nonc2cc1Cl. The molecule has 5 heteroatoms. The van der Waals surface area contributed by atoms with E-state index in [-0.39, 0.29) is 0 Å². The van der Waals surface area contributed by atoms with E-state index in [1.165, 1.54) is 0 Å². The van der Waals surface area contributed by atoms with Gasteiger partial charge < -0.3 is 0 Å². The molecule has 0 radical (unpaired) electrons. The summed E-state index contributed by atoms with van der Waals surface area (Å²) in [5.41, 5.74) is 1.22. The van der Waals surface area contributed by atoms with Crippen LogP contribution >= 0.6 is 23.2 Å². The topological polar surface area (TPSA) is 38.9 Å². The van der Waals surface area contributed by atoms with Crippen molar-refractivity contribution in [3.63, 3.8) is 0 Å². The van der Waals surface area contributed by atoms with Gasteiger partial charge in [0.15, 0.2) is 0 Å². The van der Waals surface area contributed by atoms with Gasteiger partial charge in [-0.2, -0.15) is 0 Å². The van der Waals surface area contributed by atoms with Gasteiger partial charge in [0.05, 0.1) is 10.0 Å². The maximum absolute atomic E-state index is 5.70. The van der Waals surface area contributed by atoms with Crippen molar-refractivity contribution in [2.45, 2.75) is 0 Å². The Kier molecular flexibility index (Phi) is 1.47. The molecule has 0 bridgehead atoms. The molecule has 11 heavy (non-hydrogen) atoms. The zero-order valence-corrected chi connectivity index (χ0v) is 6.73. The van der Waals surface area contributed by atoms with E-state index in [1.54, 1.807) is 12.1 Å². The van der Waals surface area contributed by atoms with Crippen molar-refractivity contribution >= 4 is 34.2 Å². The van der Waals surface area contributed by atoms with Crippen LogP contribution in [0.25, 0.3) is 11.0 Å². The number of halogens is 2. The minimum atomic E-state index is 0.454. The second-order valence-electron chi connectivity index (χ2n) is 2.02. The molecule has 1 heterocycles. The molecular weight excluding hydrogens is 187 g/mol. The zero-order chi connectivity index (χ0) is 7.84. The normalized spacial score (nSPS) is 10.7. The molecule has 0 aliphatic rings. The Hall–Kier alpha value is -0.800. The first-order valence-electron chi connectivity index (χ1n) is 2.85. The third-order valence-electron chi connectivity index (χ3n) is 1.30. The molecule has 0 fully saturated rings. The molecule has 0 atom stereocenters. The lowest BCUT2D eigenvalue weighted by Crippen LogP contribution is -1.71. The number of rotatable bonds is 0. The quantitative estimate of drug-likeness (QED) is 0.638. The summed E-state index contributed by atoms with van der Waals surface area (Å²) in [5.74, 6) is 0. The number of nitrogens with zero attached hydrogens (tertiary/aromatic N) is 2. The fourth-order valence-electron chi connectivity index (χ4n) is 0.780. The Bertz CT molecular complexity index is 362. The van der Waals surface area contributed by atoms with E-state index in [0.717, 1.165) is 0 Å². The fraction of sp³-hybridized carbons (Fsp3) is 0. The fourth-order valence-corrected chi connectivity index (χ4v) is 1.10. The Labute approximate surface area is 71.9 Å².